The molecular weight excluding hydrogens is 480 g/mol. The van der Waals surface area contributed by atoms with Crippen LogP contribution >= 0.6 is 11.3 Å². The van der Waals surface area contributed by atoms with E-state index < -0.39 is 23.5 Å². The number of benzene rings is 1. The van der Waals surface area contributed by atoms with Crippen molar-refractivity contribution in [1.29, 1.82) is 0 Å². The third kappa shape index (κ3) is 6.07. The number of Topliss-reactive ketones (excluding diaryl/α,β-unsaturated/α-hetero) is 1. The van der Waals surface area contributed by atoms with E-state index in [1.807, 2.05) is 13.0 Å². The fourth-order valence-electron chi connectivity index (χ4n) is 4.39. The summed E-state index contributed by atoms with van der Waals surface area (Å²) in [5.41, 5.74) is 1.29. The molecule has 196 valence electrons. The van der Waals surface area contributed by atoms with Crippen LogP contribution in [-0.2, 0) is 9.53 Å². The van der Waals surface area contributed by atoms with Crippen LogP contribution in [0.5, 0.6) is 11.5 Å². The maximum absolute atomic E-state index is 13.6. The molecule has 0 aliphatic carbocycles. The Morgan fingerprint density at radius 1 is 1.11 bits per heavy atom. The summed E-state index contributed by atoms with van der Waals surface area (Å²) in [4.78, 5) is 33.1. The molecule has 0 saturated carbocycles. The van der Waals surface area contributed by atoms with Gasteiger partial charge in [-0.1, -0.05) is 32.3 Å². The molecule has 0 bridgehead atoms. The maximum Gasteiger partial charge on any atom is 0.290 e. The second-order valence-corrected chi connectivity index (χ2v) is 10.0. The number of aryl methyl sites for hydroxylation is 2. The highest BCUT2D eigenvalue weighted by Gasteiger charge is 2.44. The topological polar surface area (TPSA) is 98.2 Å². The van der Waals surface area contributed by atoms with E-state index in [2.05, 4.69) is 11.9 Å². The van der Waals surface area contributed by atoms with Gasteiger partial charge < -0.3 is 24.2 Å². The van der Waals surface area contributed by atoms with Crippen LogP contribution in [0.2, 0.25) is 0 Å². The first-order valence-corrected chi connectivity index (χ1v) is 13.2. The number of hydrogen-bond acceptors (Lipinski definition) is 8. The van der Waals surface area contributed by atoms with Gasteiger partial charge in [-0.25, -0.2) is 4.98 Å². The number of nitrogens with zero attached hydrogens (tertiary/aromatic N) is 2. The molecule has 2 aromatic rings. The van der Waals surface area contributed by atoms with Crippen LogP contribution in [0.1, 0.15) is 71.0 Å². The molecule has 1 aliphatic rings. The third-order valence-electron chi connectivity index (χ3n) is 6.16. The maximum atomic E-state index is 13.6. The average Bonchev–Trinajstić information content (AvgIpc) is 3.34. The Morgan fingerprint density at radius 2 is 1.89 bits per heavy atom. The number of carbonyl (C=O) groups excluding carboxylic acids is 2. The largest absolute Gasteiger partial charge is 0.503 e. The number of carbonyl (C=O) groups is 2. The van der Waals surface area contributed by atoms with Gasteiger partial charge in [0.1, 0.15) is 0 Å². The fraction of sp³-hybridized carbons (Fsp3) is 0.519. The zero-order valence-corrected chi connectivity index (χ0v) is 22.6. The molecule has 9 heteroatoms. The standard InChI is InChI=1S/C27H36N2O6S/c1-6-7-8-9-15-35-20-12-11-19(16-21(20)34-5)23-22(24(30)26-17(2)28-18(3)36-26)25(31)27(32)29(23)13-10-14-33-4/h11-12,16,23,31H,6-10,13-15H2,1-5H3. The Balaban J connectivity index is 1.97. The van der Waals surface area contributed by atoms with Gasteiger partial charge in [0.05, 0.1) is 40.9 Å². The molecule has 1 unspecified atom stereocenters. The van der Waals surface area contributed by atoms with Crippen LogP contribution in [0.4, 0.5) is 0 Å². The van der Waals surface area contributed by atoms with Gasteiger partial charge in [0.25, 0.3) is 5.91 Å². The van der Waals surface area contributed by atoms with Gasteiger partial charge in [-0.2, -0.15) is 0 Å². The first-order chi connectivity index (χ1) is 17.3. The van der Waals surface area contributed by atoms with E-state index in [1.165, 1.54) is 22.7 Å². The molecule has 0 spiro atoms. The Labute approximate surface area is 216 Å². The molecule has 1 atom stereocenters. The second-order valence-electron chi connectivity index (χ2n) is 8.81. The SMILES string of the molecule is CCCCCCOc1ccc(C2C(C(=O)c3sc(C)nc3C)=C(O)C(=O)N2CCCOC)cc1OC. The van der Waals surface area contributed by atoms with Gasteiger partial charge in [-0.15, -0.1) is 11.3 Å². The van der Waals surface area contributed by atoms with E-state index >= 15 is 0 Å². The van der Waals surface area contributed by atoms with E-state index in [-0.39, 0.29) is 5.57 Å². The summed E-state index contributed by atoms with van der Waals surface area (Å²) >= 11 is 1.26. The van der Waals surface area contributed by atoms with Crippen LogP contribution in [0.3, 0.4) is 0 Å². The molecule has 36 heavy (non-hydrogen) atoms. The summed E-state index contributed by atoms with van der Waals surface area (Å²) in [5, 5.41) is 11.6. The number of ketones is 1. The molecule has 1 N–H and O–H groups in total. The second kappa shape index (κ2) is 12.9. The molecule has 1 aromatic heterocycles. The molecule has 0 fully saturated rings. The molecule has 1 aliphatic heterocycles. The molecule has 2 heterocycles. The summed E-state index contributed by atoms with van der Waals surface area (Å²) in [6.07, 6.45) is 4.93. The first kappa shape index (κ1) is 27.7. The van der Waals surface area contributed by atoms with E-state index in [0.717, 1.165) is 24.3 Å². The minimum absolute atomic E-state index is 0.0550. The number of aliphatic hydroxyl groups is 1. The zero-order valence-electron chi connectivity index (χ0n) is 21.8. The highest BCUT2D eigenvalue weighted by Crippen LogP contribution is 2.42. The lowest BCUT2D eigenvalue weighted by Crippen LogP contribution is -2.32. The minimum atomic E-state index is -0.767. The number of aromatic nitrogens is 1. The van der Waals surface area contributed by atoms with Gasteiger partial charge >= 0.3 is 0 Å². The van der Waals surface area contributed by atoms with Crippen LogP contribution in [0.25, 0.3) is 0 Å². The van der Waals surface area contributed by atoms with Gasteiger partial charge in [-0.3, -0.25) is 9.59 Å². The van der Waals surface area contributed by atoms with E-state index in [1.54, 1.807) is 33.3 Å². The molecule has 0 saturated heterocycles. The van der Waals surface area contributed by atoms with Crippen LogP contribution < -0.4 is 9.47 Å². The smallest absolute Gasteiger partial charge is 0.290 e. The van der Waals surface area contributed by atoms with Crippen LogP contribution in [0, 0.1) is 13.8 Å². The first-order valence-electron chi connectivity index (χ1n) is 12.4. The highest BCUT2D eigenvalue weighted by atomic mass is 32.1. The number of amides is 1. The Morgan fingerprint density at radius 3 is 2.53 bits per heavy atom. The predicted molar refractivity (Wildman–Crippen MR) is 139 cm³/mol. The monoisotopic (exact) mass is 516 g/mol. The van der Waals surface area contributed by atoms with Gasteiger partial charge in [-0.05, 0) is 44.4 Å². The highest BCUT2D eigenvalue weighted by molar-refractivity contribution is 7.14. The van der Waals surface area contributed by atoms with E-state index in [0.29, 0.717) is 53.8 Å². The van der Waals surface area contributed by atoms with Crippen molar-refractivity contribution < 1.29 is 28.9 Å². The van der Waals surface area contributed by atoms with Crippen molar-refractivity contribution in [3.05, 3.63) is 50.7 Å². The number of hydrogen-bond donors (Lipinski definition) is 1. The third-order valence-corrected chi connectivity index (χ3v) is 7.24. The molecule has 1 amide bonds. The summed E-state index contributed by atoms with van der Waals surface area (Å²) in [5.74, 6) is -0.381. The number of thiazole rings is 1. The van der Waals surface area contributed by atoms with E-state index in [4.69, 9.17) is 14.2 Å². The van der Waals surface area contributed by atoms with Crippen molar-refractivity contribution in [3.63, 3.8) is 0 Å². The summed E-state index contributed by atoms with van der Waals surface area (Å²) in [7, 11) is 3.15. The van der Waals surface area contributed by atoms with Gasteiger partial charge in [0.15, 0.2) is 17.3 Å². The predicted octanol–water partition coefficient (Wildman–Crippen LogP) is 5.34. The van der Waals surface area contributed by atoms with Crippen molar-refractivity contribution in [3.8, 4) is 11.5 Å². The minimum Gasteiger partial charge on any atom is -0.503 e. The molecular formula is C27H36N2O6S. The summed E-state index contributed by atoms with van der Waals surface area (Å²) < 4.78 is 16.7. The molecule has 0 radical (unpaired) electrons. The van der Waals surface area contributed by atoms with Crippen molar-refractivity contribution in [2.45, 2.75) is 58.9 Å². The van der Waals surface area contributed by atoms with Crippen molar-refractivity contribution >= 4 is 23.0 Å². The number of aliphatic hydroxyl groups excluding tert-OH is 1. The van der Waals surface area contributed by atoms with Gasteiger partial charge in [0.2, 0.25) is 5.78 Å². The quantitative estimate of drug-likeness (QED) is 0.267. The van der Waals surface area contributed by atoms with E-state index in [9.17, 15) is 14.7 Å². The Kier molecular flexibility index (Phi) is 9.89. The molecule has 1 aromatic carbocycles. The normalized spacial score (nSPS) is 15.6. The molecule has 8 nitrogen and oxygen atoms in total. The lowest BCUT2D eigenvalue weighted by atomic mass is 9.94. The Hall–Kier alpha value is -2.91. The summed E-state index contributed by atoms with van der Waals surface area (Å²) in [6.45, 7) is 7.08. The van der Waals surface area contributed by atoms with Crippen molar-refractivity contribution in [1.82, 2.24) is 9.88 Å². The number of unbranched alkanes of at least 4 members (excludes halogenated alkanes) is 3. The lowest BCUT2D eigenvalue weighted by molar-refractivity contribution is -0.129. The fourth-order valence-corrected chi connectivity index (χ4v) is 5.26. The molecule has 3 rings (SSSR count). The number of ether oxygens (including phenoxy) is 3. The number of rotatable bonds is 14. The summed E-state index contributed by atoms with van der Waals surface area (Å²) in [6, 6.07) is 4.63. The van der Waals surface area contributed by atoms with Crippen molar-refractivity contribution in [2.24, 2.45) is 0 Å². The van der Waals surface area contributed by atoms with Crippen LogP contribution in [-0.4, -0.2) is 60.7 Å². The Bertz CT molecular complexity index is 1110. The zero-order chi connectivity index (χ0) is 26.2. The lowest BCUT2D eigenvalue weighted by Gasteiger charge is -2.27. The average molecular weight is 517 g/mol. The van der Waals surface area contributed by atoms with Crippen LogP contribution in [0.15, 0.2) is 29.5 Å². The number of methoxy groups -OCH3 is 2. The van der Waals surface area contributed by atoms with Crippen molar-refractivity contribution in [2.75, 3.05) is 34.0 Å². The van der Waals surface area contributed by atoms with Gasteiger partial charge in [0, 0.05) is 20.3 Å².